The van der Waals surface area contributed by atoms with Crippen LogP contribution in [-0.4, -0.2) is 4.98 Å². The Morgan fingerprint density at radius 2 is 2.00 bits per heavy atom. The largest absolute Gasteiger partial charge is 0.233 e. The van der Waals surface area contributed by atoms with Crippen LogP contribution in [0.5, 0.6) is 0 Å². The van der Waals surface area contributed by atoms with Crippen LogP contribution in [0.1, 0.15) is 42.7 Å². The highest BCUT2D eigenvalue weighted by atomic mass is 79.9. The zero-order chi connectivity index (χ0) is 8.89. The van der Waals surface area contributed by atoms with Crippen molar-refractivity contribution in [1.82, 2.24) is 4.98 Å². The highest BCUT2D eigenvalue weighted by molar-refractivity contribution is 9.11. The van der Waals surface area contributed by atoms with E-state index in [0.717, 1.165) is 3.92 Å². The van der Waals surface area contributed by atoms with Crippen LogP contribution < -0.4 is 0 Å². The third-order valence-corrected chi connectivity index (χ3v) is 5.13. The molecule has 3 rings (SSSR count). The van der Waals surface area contributed by atoms with Crippen LogP contribution >= 0.6 is 27.3 Å². The van der Waals surface area contributed by atoms with E-state index in [1.165, 1.54) is 44.2 Å². The molecule has 1 saturated carbocycles. The summed E-state index contributed by atoms with van der Waals surface area (Å²) in [6.45, 7) is 0. The molecule has 0 saturated heterocycles. The molecule has 1 aromatic rings. The quantitative estimate of drug-likeness (QED) is 0.692. The molecule has 0 atom stereocenters. The van der Waals surface area contributed by atoms with E-state index in [2.05, 4.69) is 20.9 Å². The van der Waals surface area contributed by atoms with Gasteiger partial charge in [-0.3, -0.25) is 0 Å². The van der Waals surface area contributed by atoms with E-state index in [4.69, 9.17) is 0 Å². The van der Waals surface area contributed by atoms with E-state index in [1.54, 1.807) is 4.88 Å². The van der Waals surface area contributed by atoms with Crippen molar-refractivity contribution in [2.75, 3.05) is 0 Å². The smallest absolute Gasteiger partial charge is 0.159 e. The molecule has 2 aliphatic rings. The SMILES string of the molecule is Brc1nc2c(s1)CCC21CCCC1. The Morgan fingerprint density at radius 3 is 2.77 bits per heavy atom. The minimum Gasteiger partial charge on any atom is -0.233 e. The molecule has 1 fully saturated rings. The van der Waals surface area contributed by atoms with Crippen molar-refractivity contribution in [1.29, 1.82) is 0 Å². The van der Waals surface area contributed by atoms with Crippen LogP contribution in [0, 0.1) is 0 Å². The molecule has 1 heterocycles. The molecule has 70 valence electrons. The zero-order valence-corrected chi connectivity index (χ0v) is 9.88. The summed E-state index contributed by atoms with van der Waals surface area (Å²) in [4.78, 5) is 6.21. The maximum atomic E-state index is 4.66. The fourth-order valence-corrected chi connectivity index (χ4v) is 4.58. The number of fused-ring (bicyclic) bond motifs is 2. The Labute approximate surface area is 90.7 Å². The summed E-state index contributed by atoms with van der Waals surface area (Å²) >= 11 is 5.34. The average Bonchev–Trinajstić information content (AvgIpc) is 2.73. The first-order valence-corrected chi connectivity index (χ1v) is 6.57. The molecule has 0 bridgehead atoms. The summed E-state index contributed by atoms with van der Waals surface area (Å²) in [7, 11) is 0. The zero-order valence-electron chi connectivity index (χ0n) is 7.48. The van der Waals surface area contributed by atoms with Crippen molar-refractivity contribution in [3.63, 3.8) is 0 Å². The van der Waals surface area contributed by atoms with Crippen molar-refractivity contribution in [2.45, 2.75) is 43.9 Å². The topological polar surface area (TPSA) is 12.9 Å². The molecule has 0 unspecified atom stereocenters. The number of rotatable bonds is 0. The Hall–Kier alpha value is 0.110. The number of nitrogens with zero attached hydrogens (tertiary/aromatic N) is 1. The van der Waals surface area contributed by atoms with Gasteiger partial charge in [0.2, 0.25) is 0 Å². The second-order valence-corrected chi connectivity index (χ2v) is 6.59. The Kier molecular flexibility index (Phi) is 1.81. The van der Waals surface area contributed by atoms with Crippen molar-refractivity contribution in [2.24, 2.45) is 0 Å². The van der Waals surface area contributed by atoms with Crippen molar-refractivity contribution in [3.05, 3.63) is 14.5 Å². The predicted octanol–water partition coefficient (Wildman–Crippen LogP) is 3.66. The van der Waals surface area contributed by atoms with E-state index < -0.39 is 0 Å². The summed E-state index contributed by atoms with van der Waals surface area (Å²) in [6, 6.07) is 0. The third-order valence-electron chi connectivity index (χ3n) is 3.56. The molecule has 1 spiro atoms. The summed E-state index contributed by atoms with van der Waals surface area (Å²) in [5, 5.41) is 0. The molecule has 13 heavy (non-hydrogen) atoms. The summed E-state index contributed by atoms with van der Waals surface area (Å²) in [5.74, 6) is 0. The second kappa shape index (κ2) is 2.80. The van der Waals surface area contributed by atoms with Gasteiger partial charge in [0.05, 0.1) is 5.69 Å². The third kappa shape index (κ3) is 1.13. The lowest BCUT2D eigenvalue weighted by molar-refractivity contribution is 0.428. The molecule has 0 aromatic carbocycles. The molecular formula is C10H12BrNS. The first kappa shape index (κ1) is 8.42. The lowest BCUT2D eigenvalue weighted by Crippen LogP contribution is -2.18. The summed E-state index contributed by atoms with van der Waals surface area (Å²) in [6.07, 6.45) is 8.24. The number of aryl methyl sites for hydroxylation is 1. The van der Waals surface area contributed by atoms with E-state index in [0.29, 0.717) is 5.41 Å². The van der Waals surface area contributed by atoms with Gasteiger partial charge in [-0.05, 0) is 41.6 Å². The van der Waals surface area contributed by atoms with E-state index in [9.17, 15) is 0 Å². The highest BCUT2D eigenvalue weighted by Gasteiger charge is 2.43. The maximum absolute atomic E-state index is 4.66. The maximum Gasteiger partial charge on any atom is 0.159 e. The highest BCUT2D eigenvalue weighted by Crippen LogP contribution is 2.51. The minimum atomic E-state index is 0.512. The van der Waals surface area contributed by atoms with Crippen molar-refractivity contribution in [3.8, 4) is 0 Å². The Morgan fingerprint density at radius 1 is 1.23 bits per heavy atom. The van der Waals surface area contributed by atoms with E-state index in [1.807, 2.05) is 11.3 Å². The number of hydrogen-bond acceptors (Lipinski definition) is 2. The van der Waals surface area contributed by atoms with Gasteiger partial charge in [0.25, 0.3) is 0 Å². The molecule has 2 aliphatic carbocycles. The molecule has 3 heteroatoms. The fraction of sp³-hybridized carbons (Fsp3) is 0.700. The van der Waals surface area contributed by atoms with Crippen LogP contribution in [0.4, 0.5) is 0 Å². The number of aromatic nitrogens is 1. The van der Waals surface area contributed by atoms with Crippen LogP contribution in [0.25, 0.3) is 0 Å². The minimum absolute atomic E-state index is 0.512. The molecule has 0 N–H and O–H groups in total. The van der Waals surface area contributed by atoms with Crippen LogP contribution in [0.15, 0.2) is 3.92 Å². The van der Waals surface area contributed by atoms with E-state index in [-0.39, 0.29) is 0 Å². The summed E-state index contributed by atoms with van der Waals surface area (Å²) < 4.78 is 1.09. The van der Waals surface area contributed by atoms with Gasteiger partial charge in [0, 0.05) is 10.3 Å². The fourth-order valence-electron chi connectivity index (χ4n) is 2.92. The number of hydrogen-bond donors (Lipinski definition) is 0. The first-order chi connectivity index (χ1) is 6.30. The normalized spacial score (nSPS) is 24.1. The predicted molar refractivity (Wildman–Crippen MR) is 58.3 cm³/mol. The molecule has 0 aliphatic heterocycles. The molecular weight excluding hydrogens is 246 g/mol. The van der Waals surface area contributed by atoms with Crippen LogP contribution in [-0.2, 0) is 11.8 Å². The van der Waals surface area contributed by atoms with E-state index >= 15 is 0 Å². The molecule has 0 amide bonds. The molecule has 0 radical (unpaired) electrons. The van der Waals surface area contributed by atoms with Gasteiger partial charge in [-0.25, -0.2) is 4.98 Å². The average molecular weight is 258 g/mol. The van der Waals surface area contributed by atoms with Crippen LogP contribution in [0.2, 0.25) is 0 Å². The van der Waals surface area contributed by atoms with Gasteiger partial charge in [-0.1, -0.05) is 12.8 Å². The Bertz CT molecular complexity index is 339. The molecule has 1 nitrogen and oxygen atoms in total. The second-order valence-electron chi connectivity index (χ2n) is 4.23. The van der Waals surface area contributed by atoms with Crippen LogP contribution in [0.3, 0.4) is 0 Å². The lowest BCUT2D eigenvalue weighted by atomic mass is 9.84. The van der Waals surface area contributed by atoms with Gasteiger partial charge in [0.15, 0.2) is 3.92 Å². The monoisotopic (exact) mass is 257 g/mol. The van der Waals surface area contributed by atoms with Gasteiger partial charge < -0.3 is 0 Å². The molecule has 1 aromatic heterocycles. The van der Waals surface area contributed by atoms with Gasteiger partial charge in [0.1, 0.15) is 0 Å². The number of halogens is 1. The van der Waals surface area contributed by atoms with Crippen molar-refractivity contribution >= 4 is 27.3 Å². The van der Waals surface area contributed by atoms with Gasteiger partial charge in [-0.2, -0.15) is 0 Å². The van der Waals surface area contributed by atoms with Gasteiger partial charge in [-0.15, -0.1) is 11.3 Å². The Balaban J connectivity index is 2.09. The van der Waals surface area contributed by atoms with Crippen molar-refractivity contribution < 1.29 is 0 Å². The number of thiazole rings is 1. The lowest BCUT2D eigenvalue weighted by Gasteiger charge is -2.21. The standard InChI is InChI=1S/C10H12BrNS/c11-9-12-8-7(13-9)3-6-10(8)4-1-2-5-10/h1-6H2. The summed E-state index contributed by atoms with van der Waals surface area (Å²) in [5.41, 5.74) is 1.96. The first-order valence-electron chi connectivity index (χ1n) is 4.96. The van der Waals surface area contributed by atoms with Gasteiger partial charge >= 0.3 is 0 Å².